The van der Waals surface area contributed by atoms with Gasteiger partial charge in [-0.2, -0.15) is 5.10 Å². The Balaban J connectivity index is 1.67. The molecule has 28 heavy (non-hydrogen) atoms. The maximum absolute atomic E-state index is 14.6. The second-order valence-electron chi connectivity index (χ2n) is 8.28. The molecule has 0 aromatic carbocycles. The van der Waals surface area contributed by atoms with E-state index in [-0.39, 0.29) is 17.1 Å². The monoisotopic (exact) mass is 382 g/mol. The minimum atomic E-state index is -0.389. The summed E-state index contributed by atoms with van der Waals surface area (Å²) >= 11 is 0. The number of nitrogens with zero attached hydrogens (tertiary/aromatic N) is 4. The molecule has 3 aromatic heterocycles. The van der Waals surface area contributed by atoms with E-state index in [9.17, 15) is 4.39 Å². The quantitative estimate of drug-likeness (QED) is 0.718. The summed E-state index contributed by atoms with van der Waals surface area (Å²) in [7, 11) is 0. The van der Waals surface area contributed by atoms with Gasteiger partial charge in [0.25, 0.3) is 0 Å². The van der Waals surface area contributed by atoms with Crippen molar-refractivity contribution >= 4 is 16.9 Å². The van der Waals surface area contributed by atoms with Crippen LogP contribution in [0.1, 0.15) is 33.6 Å². The zero-order chi connectivity index (χ0) is 19.9. The molecule has 0 saturated carbocycles. The third-order valence-corrected chi connectivity index (χ3v) is 6.26. The summed E-state index contributed by atoms with van der Waals surface area (Å²) in [6.45, 7) is 8.20. The number of rotatable bonds is 4. The fourth-order valence-corrected chi connectivity index (χ4v) is 3.97. The maximum atomic E-state index is 14.6. The standard InChI is InChI=1S/C21H27FN6/c1-13(2)21(3,23)14-6-5-11-28(12-14)17-9-8-16(22)19(25-17)18-15-7-4-10-24-20(15)27-26-18/h4,7-10,13-14H,5-6,11-12,23H2,1-3H3,(H,24,26,27). The molecular weight excluding hydrogens is 355 g/mol. The predicted octanol–water partition coefficient (Wildman–Crippen LogP) is 3.75. The van der Waals surface area contributed by atoms with Gasteiger partial charge in [0.15, 0.2) is 11.5 Å². The number of halogens is 1. The summed E-state index contributed by atoms with van der Waals surface area (Å²) in [6.07, 6.45) is 3.83. The Bertz CT molecular complexity index is 980. The third kappa shape index (κ3) is 3.24. The summed E-state index contributed by atoms with van der Waals surface area (Å²) in [5.74, 6) is 1.13. The van der Waals surface area contributed by atoms with Gasteiger partial charge in [0.2, 0.25) is 0 Å². The fraction of sp³-hybridized carbons (Fsp3) is 0.476. The number of pyridine rings is 2. The number of anilines is 1. The third-order valence-electron chi connectivity index (χ3n) is 6.26. The lowest BCUT2D eigenvalue weighted by Gasteiger charge is -2.44. The van der Waals surface area contributed by atoms with Gasteiger partial charge >= 0.3 is 0 Å². The Kier molecular flexibility index (Phi) is 4.79. The van der Waals surface area contributed by atoms with Crippen LogP contribution in [-0.4, -0.2) is 38.8 Å². The van der Waals surface area contributed by atoms with Crippen molar-refractivity contribution in [3.05, 3.63) is 36.3 Å². The average molecular weight is 382 g/mol. The van der Waals surface area contributed by atoms with Crippen LogP contribution in [0.2, 0.25) is 0 Å². The summed E-state index contributed by atoms with van der Waals surface area (Å²) in [5, 5.41) is 7.88. The van der Waals surface area contributed by atoms with Crippen molar-refractivity contribution in [1.82, 2.24) is 20.2 Å². The van der Waals surface area contributed by atoms with E-state index in [0.29, 0.717) is 23.2 Å². The lowest BCUT2D eigenvalue weighted by Crippen LogP contribution is -2.54. The van der Waals surface area contributed by atoms with Crippen molar-refractivity contribution in [2.24, 2.45) is 17.6 Å². The Labute approximate surface area is 164 Å². The van der Waals surface area contributed by atoms with Crippen LogP contribution < -0.4 is 10.6 Å². The molecule has 0 spiro atoms. The summed E-state index contributed by atoms with van der Waals surface area (Å²) < 4.78 is 14.6. The smallest absolute Gasteiger partial charge is 0.155 e. The Morgan fingerprint density at radius 2 is 2.11 bits per heavy atom. The number of aromatic nitrogens is 4. The molecule has 6 nitrogen and oxygen atoms in total. The van der Waals surface area contributed by atoms with Crippen LogP contribution in [0.15, 0.2) is 30.5 Å². The van der Waals surface area contributed by atoms with Gasteiger partial charge in [0.05, 0.1) is 0 Å². The van der Waals surface area contributed by atoms with E-state index in [2.05, 4.69) is 45.8 Å². The van der Waals surface area contributed by atoms with Crippen molar-refractivity contribution in [2.75, 3.05) is 18.0 Å². The van der Waals surface area contributed by atoms with Crippen LogP contribution in [0, 0.1) is 17.7 Å². The van der Waals surface area contributed by atoms with Gasteiger partial charge in [0, 0.05) is 30.2 Å². The second-order valence-corrected chi connectivity index (χ2v) is 8.28. The van der Waals surface area contributed by atoms with E-state index in [1.807, 2.05) is 12.1 Å². The highest BCUT2D eigenvalue weighted by molar-refractivity contribution is 5.89. The molecular formula is C21H27FN6. The van der Waals surface area contributed by atoms with Crippen molar-refractivity contribution in [3.63, 3.8) is 0 Å². The Morgan fingerprint density at radius 1 is 1.29 bits per heavy atom. The maximum Gasteiger partial charge on any atom is 0.155 e. The molecule has 2 unspecified atom stereocenters. The molecule has 1 fully saturated rings. The highest BCUT2D eigenvalue weighted by Gasteiger charge is 2.36. The molecule has 2 atom stereocenters. The molecule has 4 heterocycles. The van der Waals surface area contributed by atoms with Crippen LogP contribution >= 0.6 is 0 Å². The zero-order valence-electron chi connectivity index (χ0n) is 16.6. The normalized spacial score (nSPS) is 19.9. The SMILES string of the molecule is CC(C)C(C)(N)C1CCCN(c2ccc(F)c(-c3n[nH]c4ncccc34)n2)C1. The molecule has 0 aliphatic carbocycles. The molecule has 1 saturated heterocycles. The highest BCUT2D eigenvalue weighted by atomic mass is 19.1. The van der Waals surface area contributed by atoms with Crippen molar-refractivity contribution < 1.29 is 4.39 Å². The van der Waals surface area contributed by atoms with E-state index < -0.39 is 0 Å². The first-order valence-corrected chi connectivity index (χ1v) is 9.87. The number of hydrogen-bond acceptors (Lipinski definition) is 5. The van der Waals surface area contributed by atoms with E-state index in [0.717, 1.165) is 37.1 Å². The van der Waals surface area contributed by atoms with E-state index in [1.165, 1.54) is 6.07 Å². The van der Waals surface area contributed by atoms with Crippen molar-refractivity contribution in [1.29, 1.82) is 0 Å². The largest absolute Gasteiger partial charge is 0.356 e. The number of piperidine rings is 1. The number of nitrogens with two attached hydrogens (primary N) is 1. The molecule has 3 N–H and O–H groups in total. The fourth-order valence-electron chi connectivity index (χ4n) is 3.97. The Hall–Kier alpha value is -2.54. The first kappa shape index (κ1) is 18.8. The Morgan fingerprint density at radius 3 is 2.89 bits per heavy atom. The molecule has 0 bridgehead atoms. The number of hydrogen-bond donors (Lipinski definition) is 2. The highest BCUT2D eigenvalue weighted by Crippen LogP contribution is 2.34. The lowest BCUT2D eigenvalue weighted by atomic mass is 9.74. The van der Waals surface area contributed by atoms with Gasteiger partial charge in [-0.15, -0.1) is 0 Å². The summed E-state index contributed by atoms with van der Waals surface area (Å²) in [5.41, 5.74) is 7.75. The zero-order valence-corrected chi connectivity index (χ0v) is 16.6. The molecule has 148 valence electrons. The van der Waals surface area contributed by atoms with Crippen molar-refractivity contribution in [3.8, 4) is 11.4 Å². The van der Waals surface area contributed by atoms with Gasteiger partial charge in [-0.3, -0.25) is 5.10 Å². The number of nitrogens with one attached hydrogen (secondary N) is 1. The van der Waals surface area contributed by atoms with E-state index in [4.69, 9.17) is 5.73 Å². The first-order chi connectivity index (χ1) is 13.4. The molecule has 1 aliphatic rings. The predicted molar refractivity (Wildman–Crippen MR) is 109 cm³/mol. The van der Waals surface area contributed by atoms with Gasteiger partial charge in [-0.1, -0.05) is 13.8 Å². The number of aromatic amines is 1. The molecule has 7 heteroatoms. The molecule has 3 aromatic rings. The van der Waals surface area contributed by atoms with E-state index >= 15 is 0 Å². The number of H-pyrrole nitrogens is 1. The molecule has 4 rings (SSSR count). The van der Waals surface area contributed by atoms with Crippen LogP contribution in [0.4, 0.5) is 10.2 Å². The van der Waals surface area contributed by atoms with E-state index in [1.54, 1.807) is 12.3 Å². The first-order valence-electron chi connectivity index (χ1n) is 9.87. The van der Waals surface area contributed by atoms with Gasteiger partial charge in [-0.05, 0) is 55.9 Å². The molecule has 1 aliphatic heterocycles. The number of fused-ring (bicyclic) bond motifs is 1. The average Bonchev–Trinajstić information content (AvgIpc) is 3.12. The second kappa shape index (κ2) is 7.13. The van der Waals surface area contributed by atoms with Gasteiger partial charge < -0.3 is 10.6 Å². The summed E-state index contributed by atoms with van der Waals surface area (Å²) in [4.78, 5) is 11.1. The van der Waals surface area contributed by atoms with Crippen LogP contribution in [0.3, 0.4) is 0 Å². The minimum Gasteiger partial charge on any atom is -0.356 e. The van der Waals surface area contributed by atoms with Gasteiger partial charge in [-0.25, -0.2) is 14.4 Å². The van der Waals surface area contributed by atoms with Crippen LogP contribution in [0.25, 0.3) is 22.4 Å². The molecule has 0 amide bonds. The van der Waals surface area contributed by atoms with Crippen LogP contribution in [0.5, 0.6) is 0 Å². The minimum absolute atomic E-state index is 0.244. The van der Waals surface area contributed by atoms with Crippen LogP contribution in [-0.2, 0) is 0 Å². The van der Waals surface area contributed by atoms with Crippen molar-refractivity contribution in [2.45, 2.75) is 39.2 Å². The van der Waals surface area contributed by atoms with Gasteiger partial charge in [0.1, 0.15) is 17.2 Å². The molecule has 0 radical (unpaired) electrons. The summed E-state index contributed by atoms with van der Waals surface area (Å²) in [6, 6.07) is 6.90. The lowest BCUT2D eigenvalue weighted by molar-refractivity contribution is 0.193. The topological polar surface area (TPSA) is 83.7 Å².